The smallest absolute Gasteiger partial charge is 0.274 e. The second-order valence-electron chi connectivity index (χ2n) is 7.70. The maximum Gasteiger partial charge on any atom is 0.274 e. The van der Waals surface area contributed by atoms with Crippen LogP contribution in [0.15, 0.2) is 11.4 Å². The molecule has 0 aromatic carbocycles. The van der Waals surface area contributed by atoms with E-state index in [2.05, 4.69) is 34.6 Å². The largest absolute Gasteiger partial charge is 0.359 e. The molecule has 0 radical (unpaired) electrons. The molecular formula is C19H27N5OS. The molecule has 2 aromatic heterocycles. The molecule has 1 amide bonds. The van der Waals surface area contributed by atoms with Gasteiger partial charge in [-0.15, -0.1) is 11.3 Å². The fraction of sp³-hybridized carbons (Fsp3) is 0.632. The van der Waals surface area contributed by atoms with Gasteiger partial charge in [-0.2, -0.15) is 5.10 Å². The summed E-state index contributed by atoms with van der Waals surface area (Å²) >= 11 is 1.65. The van der Waals surface area contributed by atoms with E-state index in [4.69, 9.17) is 0 Å². The minimum absolute atomic E-state index is 0.0680. The van der Waals surface area contributed by atoms with Crippen LogP contribution in [-0.2, 0) is 0 Å². The Morgan fingerprint density at radius 2 is 2.00 bits per heavy atom. The molecule has 2 fully saturated rings. The predicted octanol–water partition coefficient (Wildman–Crippen LogP) is 3.64. The van der Waals surface area contributed by atoms with Gasteiger partial charge >= 0.3 is 0 Å². The Balaban J connectivity index is 1.35. The second kappa shape index (κ2) is 7.02. The van der Waals surface area contributed by atoms with Gasteiger partial charge in [-0.05, 0) is 58.4 Å². The van der Waals surface area contributed by atoms with Crippen molar-refractivity contribution in [2.75, 3.05) is 18.4 Å². The molecule has 1 aliphatic carbocycles. The monoisotopic (exact) mass is 373 g/mol. The number of piperidine rings is 1. The Morgan fingerprint density at radius 3 is 2.62 bits per heavy atom. The molecule has 0 spiro atoms. The van der Waals surface area contributed by atoms with Gasteiger partial charge in [0.15, 0.2) is 10.8 Å². The van der Waals surface area contributed by atoms with Gasteiger partial charge in [0, 0.05) is 30.2 Å². The lowest BCUT2D eigenvalue weighted by molar-refractivity contribution is 0.0711. The third-order valence-electron chi connectivity index (χ3n) is 5.56. The van der Waals surface area contributed by atoms with Gasteiger partial charge in [0.05, 0.1) is 11.7 Å². The van der Waals surface area contributed by atoms with Crippen LogP contribution >= 0.6 is 11.3 Å². The van der Waals surface area contributed by atoms with Crippen molar-refractivity contribution in [1.29, 1.82) is 0 Å². The first-order valence-electron chi connectivity index (χ1n) is 9.55. The molecule has 26 heavy (non-hydrogen) atoms. The van der Waals surface area contributed by atoms with Crippen molar-refractivity contribution in [1.82, 2.24) is 19.7 Å². The molecule has 1 aliphatic heterocycles. The zero-order valence-electron chi connectivity index (χ0n) is 15.7. The summed E-state index contributed by atoms with van der Waals surface area (Å²) in [4.78, 5) is 19.3. The molecular weight excluding hydrogens is 346 g/mol. The van der Waals surface area contributed by atoms with E-state index >= 15 is 0 Å². The number of hydrogen-bond donors (Lipinski definition) is 1. The van der Waals surface area contributed by atoms with Crippen LogP contribution < -0.4 is 5.32 Å². The van der Waals surface area contributed by atoms with E-state index < -0.39 is 0 Å². The first kappa shape index (κ1) is 17.5. The quantitative estimate of drug-likeness (QED) is 0.869. The number of rotatable bonds is 5. The summed E-state index contributed by atoms with van der Waals surface area (Å²) < 4.78 is 2.05. The Hall–Kier alpha value is -1.89. The highest BCUT2D eigenvalue weighted by molar-refractivity contribution is 7.13. The van der Waals surface area contributed by atoms with Crippen LogP contribution in [0.5, 0.6) is 0 Å². The maximum absolute atomic E-state index is 12.9. The van der Waals surface area contributed by atoms with Crippen LogP contribution in [0.4, 0.5) is 5.13 Å². The van der Waals surface area contributed by atoms with Crippen LogP contribution in [0.25, 0.3) is 0 Å². The minimum atomic E-state index is 0.0680. The van der Waals surface area contributed by atoms with Gasteiger partial charge in [-0.25, -0.2) is 4.98 Å². The van der Waals surface area contributed by atoms with Crippen LogP contribution in [0.1, 0.15) is 60.5 Å². The standard InChI is InChI=1S/C19H27N5OS/c1-12-11-26-19(20-12)21-16-6-8-23(9-7-16)18(25)17-10-13(2)24(22-17)14(3)15-4-5-15/h10-11,14-16H,4-9H2,1-3H3,(H,20,21). The predicted molar refractivity (Wildman–Crippen MR) is 104 cm³/mol. The van der Waals surface area contributed by atoms with E-state index in [9.17, 15) is 4.79 Å². The normalized spacial score (nSPS) is 19.6. The number of thiazole rings is 1. The van der Waals surface area contributed by atoms with Crippen molar-refractivity contribution in [3.63, 3.8) is 0 Å². The van der Waals surface area contributed by atoms with Crippen molar-refractivity contribution in [3.8, 4) is 0 Å². The minimum Gasteiger partial charge on any atom is -0.359 e. The lowest BCUT2D eigenvalue weighted by Crippen LogP contribution is -2.42. The summed E-state index contributed by atoms with van der Waals surface area (Å²) in [5, 5.41) is 11.2. The van der Waals surface area contributed by atoms with Crippen molar-refractivity contribution in [2.24, 2.45) is 5.92 Å². The summed E-state index contributed by atoms with van der Waals surface area (Å²) in [5.74, 6) is 0.797. The fourth-order valence-electron chi connectivity index (χ4n) is 3.77. The summed E-state index contributed by atoms with van der Waals surface area (Å²) in [6.45, 7) is 7.81. The first-order valence-corrected chi connectivity index (χ1v) is 10.4. The molecule has 2 aliphatic rings. The van der Waals surface area contributed by atoms with Crippen molar-refractivity contribution in [2.45, 2.75) is 58.5 Å². The number of carbonyl (C=O) groups excluding carboxylic acids is 1. The van der Waals surface area contributed by atoms with Gasteiger partial charge in [0.2, 0.25) is 0 Å². The summed E-state index contributed by atoms with van der Waals surface area (Å²) in [6.07, 6.45) is 4.46. The maximum atomic E-state index is 12.9. The number of likely N-dealkylation sites (tertiary alicyclic amines) is 1. The van der Waals surface area contributed by atoms with Crippen LogP contribution in [0.2, 0.25) is 0 Å². The highest BCUT2D eigenvalue weighted by Crippen LogP contribution is 2.39. The van der Waals surface area contributed by atoms with Crippen LogP contribution in [-0.4, -0.2) is 44.7 Å². The fourth-order valence-corrected chi connectivity index (χ4v) is 4.53. The van der Waals surface area contributed by atoms with Crippen molar-refractivity contribution in [3.05, 3.63) is 28.5 Å². The molecule has 4 rings (SSSR count). The Labute approximate surface area is 158 Å². The number of carbonyl (C=O) groups is 1. The number of nitrogens with zero attached hydrogens (tertiary/aromatic N) is 4. The average Bonchev–Trinajstić information content (AvgIpc) is 3.30. The van der Waals surface area contributed by atoms with Crippen LogP contribution in [0.3, 0.4) is 0 Å². The van der Waals surface area contributed by atoms with Crippen LogP contribution in [0, 0.1) is 19.8 Å². The highest BCUT2D eigenvalue weighted by atomic mass is 32.1. The summed E-state index contributed by atoms with van der Waals surface area (Å²) in [6, 6.07) is 2.73. The molecule has 1 saturated heterocycles. The van der Waals surface area contributed by atoms with Gasteiger partial charge in [-0.3, -0.25) is 9.48 Å². The van der Waals surface area contributed by atoms with E-state index in [1.54, 1.807) is 11.3 Å². The summed E-state index contributed by atoms with van der Waals surface area (Å²) in [7, 11) is 0. The van der Waals surface area contributed by atoms with Crippen molar-refractivity contribution >= 4 is 22.4 Å². The molecule has 3 heterocycles. The third kappa shape index (κ3) is 3.63. The molecule has 1 atom stereocenters. The molecule has 2 aromatic rings. The molecule has 140 valence electrons. The number of amides is 1. The topological polar surface area (TPSA) is 63.1 Å². The molecule has 1 N–H and O–H groups in total. The molecule has 0 bridgehead atoms. The van der Waals surface area contributed by atoms with Crippen molar-refractivity contribution < 1.29 is 4.79 Å². The molecule has 1 saturated carbocycles. The lowest BCUT2D eigenvalue weighted by Gasteiger charge is -2.31. The van der Waals surface area contributed by atoms with Gasteiger partial charge in [-0.1, -0.05) is 0 Å². The SMILES string of the molecule is Cc1csc(NC2CCN(C(=O)c3cc(C)n(C(C)C4CC4)n3)CC2)n1. The van der Waals surface area contributed by atoms with Gasteiger partial charge in [0.25, 0.3) is 5.91 Å². The zero-order chi connectivity index (χ0) is 18.3. The number of hydrogen-bond acceptors (Lipinski definition) is 5. The zero-order valence-corrected chi connectivity index (χ0v) is 16.6. The van der Waals surface area contributed by atoms with E-state index in [0.29, 0.717) is 17.8 Å². The number of nitrogens with one attached hydrogen (secondary N) is 1. The van der Waals surface area contributed by atoms with E-state index in [-0.39, 0.29) is 5.91 Å². The molecule has 7 heteroatoms. The Morgan fingerprint density at radius 1 is 1.27 bits per heavy atom. The molecule has 1 unspecified atom stereocenters. The second-order valence-corrected chi connectivity index (χ2v) is 8.56. The Kier molecular flexibility index (Phi) is 4.73. The highest BCUT2D eigenvalue weighted by Gasteiger charge is 2.32. The number of aryl methyl sites for hydroxylation is 2. The number of anilines is 1. The van der Waals surface area contributed by atoms with Gasteiger partial charge in [0.1, 0.15) is 0 Å². The molecule has 6 nitrogen and oxygen atoms in total. The first-order chi connectivity index (χ1) is 12.5. The Bertz CT molecular complexity index is 786. The van der Waals surface area contributed by atoms with Gasteiger partial charge < -0.3 is 10.2 Å². The van der Waals surface area contributed by atoms with E-state index in [1.807, 2.05) is 22.6 Å². The van der Waals surface area contributed by atoms with E-state index in [0.717, 1.165) is 48.4 Å². The third-order valence-corrected chi connectivity index (χ3v) is 6.45. The average molecular weight is 374 g/mol. The lowest BCUT2D eigenvalue weighted by atomic mass is 10.0. The number of aromatic nitrogens is 3. The summed E-state index contributed by atoms with van der Waals surface area (Å²) in [5.41, 5.74) is 2.73. The van der Waals surface area contributed by atoms with E-state index in [1.165, 1.54) is 12.8 Å².